The molecule has 0 aliphatic carbocycles. The summed E-state index contributed by atoms with van der Waals surface area (Å²) in [5.74, 6) is 0.675. The van der Waals surface area contributed by atoms with Gasteiger partial charge in [-0.1, -0.05) is 29.8 Å². The molecule has 10 heteroatoms. The Kier molecular flexibility index (Phi) is 5.54. The molecule has 8 nitrogen and oxygen atoms in total. The minimum atomic E-state index is -0.558. The van der Waals surface area contributed by atoms with Crippen molar-refractivity contribution in [1.29, 1.82) is 0 Å². The van der Waals surface area contributed by atoms with Crippen molar-refractivity contribution in [2.24, 2.45) is 0 Å². The molecule has 0 unspecified atom stereocenters. The van der Waals surface area contributed by atoms with E-state index < -0.39 is 4.92 Å². The number of anilines is 1. The largest absolute Gasteiger partial charge is 0.320 e. The maximum absolute atomic E-state index is 12.2. The minimum Gasteiger partial charge on any atom is -0.320 e. The van der Waals surface area contributed by atoms with E-state index >= 15 is 0 Å². The molecule has 2 aromatic rings. The molecule has 2 heterocycles. The molecule has 132 valence electrons. The van der Waals surface area contributed by atoms with Gasteiger partial charge in [-0.25, -0.2) is 0 Å². The third kappa shape index (κ3) is 4.29. The SMILES string of the molecule is O=C(CSc1nnc2n1CCCCC2)Nc1cc(Cl)ccc1[N+](=O)[O-]. The summed E-state index contributed by atoms with van der Waals surface area (Å²) in [7, 11) is 0. The van der Waals surface area contributed by atoms with Crippen molar-refractivity contribution in [2.45, 2.75) is 37.4 Å². The van der Waals surface area contributed by atoms with Crippen molar-refractivity contribution in [3.8, 4) is 0 Å². The summed E-state index contributed by atoms with van der Waals surface area (Å²) in [4.78, 5) is 22.7. The molecule has 3 rings (SSSR count). The summed E-state index contributed by atoms with van der Waals surface area (Å²) in [6.45, 7) is 0.853. The molecule has 1 N–H and O–H groups in total. The monoisotopic (exact) mass is 381 g/mol. The molecule has 25 heavy (non-hydrogen) atoms. The number of rotatable bonds is 5. The lowest BCUT2D eigenvalue weighted by atomic mass is 10.2. The van der Waals surface area contributed by atoms with Gasteiger partial charge in [-0.2, -0.15) is 0 Å². The second kappa shape index (κ2) is 7.83. The summed E-state index contributed by atoms with van der Waals surface area (Å²) < 4.78 is 2.05. The lowest BCUT2D eigenvalue weighted by molar-refractivity contribution is -0.383. The van der Waals surface area contributed by atoms with Gasteiger partial charge in [0.05, 0.1) is 10.7 Å². The fraction of sp³-hybridized carbons (Fsp3) is 0.400. The maximum Gasteiger partial charge on any atom is 0.292 e. The van der Waals surface area contributed by atoms with Crippen LogP contribution in [0.5, 0.6) is 0 Å². The number of nitrogens with one attached hydrogen (secondary N) is 1. The van der Waals surface area contributed by atoms with E-state index in [2.05, 4.69) is 15.5 Å². The van der Waals surface area contributed by atoms with E-state index in [0.717, 1.165) is 38.1 Å². The number of aromatic nitrogens is 3. The number of thioether (sulfide) groups is 1. The number of carbonyl (C=O) groups excluding carboxylic acids is 1. The smallest absolute Gasteiger partial charge is 0.292 e. The van der Waals surface area contributed by atoms with Crippen LogP contribution in [0.4, 0.5) is 11.4 Å². The van der Waals surface area contributed by atoms with Crippen LogP contribution in [-0.2, 0) is 17.8 Å². The van der Waals surface area contributed by atoms with Crippen LogP contribution < -0.4 is 5.32 Å². The third-order valence-corrected chi connectivity index (χ3v) is 5.04. The Balaban J connectivity index is 1.65. The van der Waals surface area contributed by atoms with Crippen molar-refractivity contribution < 1.29 is 9.72 Å². The lowest BCUT2D eigenvalue weighted by Crippen LogP contribution is -2.15. The van der Waals surface area contributed by atoms with E-state index in [0.29, 0.717) is 10.2 Å². The van der Waals surface area contributed by atoms with Gasteiger partial charge in [-0.15, -0.1) is 10.2 Å². The Morgan fingerprint density at radius 1 is 1.36 bits per heavy atom. The highest BCUT2D eigenvalue weighted by Gasteiger charge is 2.19. The van der Waals surface area contributed by atoms with Crippen molar-refractivity contribution >= 4 is 40.6 Å². The van der Waals surface area contributed by atoms with Gasteiger partial charge >= 0.3 is 0 Å². The number of aryl methyl sites for hydroxylation is 1. The molecule has 1 amide bonds. The zero-order chi connectivity index (χ0) is 17.8. The van der Waals surface area contributed by atoms with Gasteiger partial charge < -0.3 is 9.88 Å². The van der Waals surface area contributed by atoms with Gasteiger partial charge in [0.2, 0.25) is 5.91 Å². The standard InChI is InChI=1S/C15H16ClN5O3S/c16-10-5-6-12(21(23)24)11(8-10)17-14(22)9-25-15-19-18-13-4-2-1-3-7-20(13)15/h5-6,8H,1-4,7,9H2,(H,17,22). The van der Waals surface area contributed by atoms with Crippen molar-refractivity contribution in [3.63, 3.8) is 0 Å². The molecule has 0 radical (unpaired) electrons. The van der Waals surface area contributed by atoms with Gasteiger partial charge in [0, 0.05) is 24.1 Å². The number of nitro benzene ring substituents is 1. The number of fused-ring (bicyclic) bond motifs is 1. The topological polar surface area (TPSA) is 103 Å². The number of benzene rings is 1. The molecule has 0 atom stereocenters. The van der Waals surface area contributed by atoms with Gasteiger partial charge in [-0.05, 0) is 25.0 Å². The molecule has 0 saturated heterocycles. The molecule has 0 saturated carbocycles. The first kappa shape index (κ1) is 17.7. The van der Waals surface area contributed by atoms with Crippen LogP contribution in [0.1, 0.15) is 25.1 Å². The number of nitrogens with zero attached hydrogens (tertiary/aromatic N) is 4. The minimum absolute atomic E-state index is 0.0851. The fourth-order valence-corrected chi connectivity index (χ4v) is 3.60. The van der Waals surface area contributed by atoms with Crippen molar-refractivity contribution in [3.05, 3.63) is 39.2 Å². The Morgan fingerprint density at radius 2 is 2.20 bits per heavy atom. The second-order valence-corrected chi connectivity index (χ2v) is 7.00. The number of nitro groups is 1. The summed E-state index contributed by atoms with van der Waals surface area (Å²) in [5, 5.41) is 22.9. The first-order valence-electron chi connectivity index (χ1n) is 7.83. The Hall–Kier alpha value is -2.13. The molecular formula is C15H16ClN5O3S. The number of carbonyl (C=O) groups is 1. The van der Waals surface area contributed by atoms with Crippen LogP contribution in [0.25, 0.3) is 0 Å². The Labute approximate surface area is 153 Å². The first-order chi connectivity index (χ1) is 12.0. The average Bonchev–Trinajstić information content (AvgIpc) is 2.79. The first-order valence-corrected chi connectivity index (χ1v) is 9.19. The molecule has 1 aliphatic heterocycles. The number of amides is 1. The summed E-state index contributed by atoms with van der Waals surface area (Å²) >= 11 is 7.13. The molecule has 1 aromatic carbocycles. The quantitative estimate of drug-likeness (QED) is 0.484. The molecule has 1 aromatic heterocycles. The van der Waals surface area contributed by atoms with E-state index in [1.165, 1.54) is 30.0 Å². The van der Waals surface area contributed by atoms with Crippen molar-refractivity contribution in [2.75, 3.05) is 11.1 Å². The van der Waals surface area contributed by atoms with E-state index in [9.17, 15) is 14.9 Å². The van der Waals surface area contributed by atoms with E-state index in [4.69, 9.17) is 11.6 Å². The van der Waals surface area contributed by atoms with Gasteiger partial charge in [0.15, 0.2) is 5.16 Å². The maximum atomic E-state index is 12.2. The van der Waals surface area contributed by atoms with Gasteiger partial charge in [0.1, 0.15) is 11.5 Å². The predicted octanol–water partition coefficient (Wildman–Crippen LogP) is 3.30. The lowest BCUT2D eigenvalue weighted by Gasteiger charge is -2.08. The van der Waals surface area contributed by atoms with E-state index in [1.807, 2.05) is 4.57 Å². The number of hydrogen-bond acceptors (Lipinski definition) is 6. The molecular weight excluding hydrogens is 366 g/mol. The highest BCUT2D eigenvalue weighted by molar-refractivity contribution is 7.99. The fourth-order valence-electron chi connectivity index (χ4n) is 2.65. The Bertz CT molecular complexity index is 810. The van der Waals surface area contributed by atoms with Crippen LogP contribution in [0.3, 0.4) is 0 Å². The highest BCUT2D eigenvalue weighted by atomic mass is 35.5. The van der Waals surface area contributed by atoms with Crippen LogP contribution in [0.2, 0.25) is 5.02 Å². The van der Waals surface area contributed by atoms with Crippen molar-refractivity contribution in [1.82, 2.24) is 14.8 Å². The van der Waals surface area contributed by atoms with Crippen LogP contribution in [-0.4, -0.2) is 31.3 Å². The summed E-state index contributed by atoms with van der Waals surface area (Å²) in [5.41, 5.74) is -0.109. The number of hydrogen-bond donors (Lipinski definition) is 1. The summed E-state index contributed by atoms with van der Waals surface area (Å²) in [6.07, 6.45) is 4.22. The van der Waals surface area contributed by atoms with Gasteiger partial charge in [-0.3, -0.25) is 14.9 Å². The molecule has 0 spiro atoms. The van der Waals surface area contributed by atoms with Crippen LogP contribution >= 0.6 is 23.4 Å². The number of halogens is 1. The van der Waals surface area contributed by atoms with Crippen LogP contribution in [0.15, 0.2) is 23.4 Å². The zero-order valence-corrected chi connectivity index (χ0v) is 14.8. The molecule has 1 aliphatic rings. The van der Waals surface area contributed by atoms with E-state index in [-0.39, 0.29) is 23.0 Å². The van der Waals surface area contributed by atoms with Gasteiger partial charge in [0.25, 0.3) is 5.69 Å². The predicted molar refractivity (Wildman–Crippen MR) is 95.0 cm³/mol. The average molecular weight is 382 g/mol. The van der Waals surface area contributed by atoms with E-state index in [1.54, 1.807) is 0 Å². The second-order valence-electron chi connectivity index (χ2n) is 5.62. The zero-order valence-electron chi connectivity index (χ0n) is 13.3. The third-order valence-electron chi connectivity index (χ3n) is 3.84. The van der Waals surface area contributed by atoms with Crippen LogP contribution in [0, 0.1) is 10.1 Å². The highest BCUT2D eigenvalue weighted by Crippen LogP contribution is 2.28. The molecule has 0 bridgehead atoms. The Morgan fingerprint density at radius 3 is 3.00 bits per heavy atom. The summed E-state index contributed by atoms with van der Waals surface area (Å²) in [6, 6.07) is 4.05. The normalized spacial score (nSPS) is 13.8. The molecule has 0 fully saturated rings.